The molecule has 0 fully saturated rings. The van der Waals surface area contributed by atoms with Crippen molar-refractivity contribution in [2.45, 2.75) is 13.0 Å². The number of nitrogens with one attached hydrogen (secondary N) is 1. The Morgan fingerprint density at radius 1 is 1.25 bits per heavy atom. The number of hydrogen-bond donors (Lipinski definition) is 1. The minimum atomic E-state index is -0.239. The summed E-state index contributed by atoms with van der Waals surface area (Å²) in [6, 6.07) is 8.11. The van der Waals surface area contributed by atoms with E-state index in [1.54, 1.807) is 18.4 Å². The molecule has 16 heavy (non-hydrogen) atoms. The van der Waals surface area contributed by atoms with Gasteiger partial charge in [-0.25, -0.2) is 4.39 Å². The van der Waals surface area contributed by atoms with Gasteiger partial charge < -0.3 is 9.73 Å². The topological polar surface area (TPSA) is 25.2 Å². The van der Waals surface area contributed by atoms with Gasteiger partial charge in [0.1, 0.15) is 11.6 Å². The smallest absolute Gasteiger partial charge is 0.139 e. The van der Waals surface area contributed by atoms with Gasteiger partial charge in [-0.1, -0.05) is 0 Å². The summed E-state index contributed by atoms with van der Waals surface area (Å²) in [5.41, 5.74) is 0.859. The van der Waals surface area contributed by atoms with Gasteiger partial charge in [0.2, 0.25) is 0 Å². The predicted octanol–water partition coefficient (Wildman–Crippen LogP) is 4.35. The molecule has 1 heterocycles. The first-order valence-corrected chi connectivity index (χ1v) is 5.71. The van der Waals surface area contributed by atoms with Crippen molar-refractivity contribution >= 4 is 21.6 Å². The van der Waals surface area contributed by atoms with Gasteiger partial charge >= 0.3 is 0 Å². The lowest BCUT2D eigenvalue weighted by molar-refractivity contribution is 0.488. The van der Waals surface area contributed by atoms with Crippen LogP contribution in [0.3, 0.4) is 0 Å². The molecule has 4 heteroatoms. The third-order valence-corrected chi connectivity index (χ3v) is 2.92. The van der Waals surface area contributed by atoms with Crippen molar-refractivity contribution in [2.75, 3.05) is 5.32 Å². The third kappa shape index (κ3) is 2.44. The Kier molecular flexibility index (Phi) is 3.29. The maximum atomic E-state index is 12.7. The zero-order valence-corrected chi connectivity index (χ0v) is 10.3. The van der Waals surface area contributed by atoms with E-state index in [2.05, 4.69) is 21.2 Å². The number of anilines is 1. The molecule has 0 spiro atoms. The van der Waals surface area contributed by atoms with E-state index < -0.39 is 0 Å². The van der Waals surface area contributed by atoms with Crippen LogP contribution in [0.4, 0.5) is 10.1 Å². The second kappa shape index (κ2) is 4.70. The SMILES string of the molecule is CC(Nc1ccc(F)cc1)c1occc1Br. The average molecular weight is 284 g/mol. The first-order chi connectivity index (χ1) is 7.66. The molecule has 2 aromatic rings. The highest BCUT2D eigenvalue weighted by atomic mass is 79.9. The van der Waals surface area contributed by atoms with E-state index in [9.17, 15) is 4.39 Å². The summed E-state index contributed by atoms with van der Waals surface area (Å²) in [5, 5.41) is 3.22. The molecule has 0 aliphatic carbocycles. The number of furan rings is 1. The van der Waals surface area contributed by atoms with Gasteiger partial charge in [0.05, 0.1) is 16.8 Å². The summed E-state index contributed by atoms with van der Waals surface area (Å²) >= 11 is 3.40. The van der Waals surface area contributed by atoms with Gasteiger partial charge in [0.15, 0.2) is 0 Å². The maximum absolute atomic E-state index is 12.7. The van der Waals surface area contributed by atoms with Crippen LogP contribution >= 0.6 is 15.9 Å². The van der Waals surface area contributed by atoms with Crippen LogP contribution in [-0.4, -0.2) is 0 Å². The van der Waals surface area contributed by atoms with Gasteiger partial charge in [0, 0.05) is 5.69 Å². The zero-order valence-electron chi connectivity index (χ0n) is 8.71. The summed E-state index contributed by atoms with van der Waals surface area (Å²) in [6.45, 7) is 1.98. The first kappa shape index (κ1) is 11.2. The Morgan fingerprint density at radius 2 is 1.94 bits per heavy atom. The summed E-state index contributed by atoms with van der Waals surface area (Å²) in [6.07, 6.45) is 1.63. The van der Waals surface area contributed by atoms with E-state index in [-0.39, 0.29) is 11.9 Å². The molecule has 0 amide bonds. The summed E-state index contributed by atoms with van der Waals surface area (Å²) in [7, 11) is 0. The Bertz CT molecular complexity index is 466. The molecule has 0 saturated heterocycles. The molecule has 0 radical (unpaired) electrons. The van der Waals surface area contributed by atoms with Crippen molar-refractivity contribution < 1.29 is 8.81 Å². The number of halogens is 2. The molecular weight excluding hydrogens is 273 g/mol. The quantitative estimate of drug-likeness (QED) is 0.906. The highest BCUT2D eigenvalue weighted by Gasteiger charge is 2.12. The molecule has 0 saturated carbocycles. The second-order valence-electron chi connectivity index (χ2n) is 3.51. The molecule has 1 aromatic carbocycles. The largest absolute Gasteiger partial charge is 0.466 e. The van der Waals surface area contributed by atoms with Gasteiger partial charge in [-0.3, -0.25) is 0 Å². The Labute approximate surface area is 102 Å². The van der Waals surface area contributed by atoms with Crippen LogP contribution in [0.15, 0.2) is 45.5 Å². The third-order valence-electron chi connectivity index (χ3n) is 2.27. The summed E-state index contributed by atoms with van der Waals surface area (Å²) < 4.78 is 19.0. The Balaban J connectivity index is 2.10. The van der Waals surface area contributed by atoms with Gasteiger partial charge in [-0.2, -0.15) is 0 Å². The van der Waals surface area contributed by atoms with Crippen molar-refractivity contribution in [3.63, 3.8) is 0 Å². The van der Waals surface area contributed by atoms with E-state index in [0.29, 0.717) is 0 Å². The fourth-order valence-corrected chi connectivity index (χ4v) is 2.02. The Hall–Kier alpha value is -1.29. The van der Waals surface area contributed by atoms with Crippen LogP contribution in [0.1, 0.15) is 18.7 Å². The normalized spacial score (nSPS) is 12.4. The zero-order chi connectivity index (χ0) is 11.5. The minimum absolute atomic E-state index is 0.0230. The molecule has 1 atom stereocenters. The van der Waals surface area contributed by atoms with Crippen LogP contribution in [0.2, 0.25) is 0 Å². The number of benzene rings is 1. The molecule has 0 aliphatic rings. The van der Waals surface area contributed by atoms with Crippen LogP contribution in [0.5, 0.6) is 0 Å². The molecule has 2 rings (SSSR count). The standard InChI is InChI=1S/C12H11BrFNO/c1-8(12-11(13)6-7-16-12)15-10-4-2-9(14)3-5-10/h2-8,15H,1H3. The molecule has 1 N–H and O–H groups in total. The molecule has 1 aromatic heterocycles. The van der Waals surface area contributed by atoms with Crippen molar-refractivity contribution in [3.05, 3.63) is 52.6 Å². The van der Waals surface area contributed by atoms with Crippen molar-refractivity contribution in [3.8, 4) is 0 Å². The first-order valence-electron chi connectivity index (χ1n) is 4.92. The summed E-state index contributed by atoms with van der Waals surface area (Å²) in [4.78, 5) is 0. The fourth-order valence-electron chi connectivity index (χ4n) is 1.48. The predicted molar refractivity (Wildman–Crippen MR) is 64.8 cm³/mol. The lowest BCUT2D eigenvalue weighted by Crippen LogP contribution is -2.05. The van der Waals surface area contributed by atoms with Gasteiger partial charge in [0.25, 0.3) is 0 Å². The fraction of sp³-hybridized carbons (Fsp3) is 0.167. The molecule has 1 unspecified atom stereocenters. The highest BCUT2D eigenvalue weighted by Crippen LogP contribution is 2.27. The lowest BCUT2D eigenvalue weighted by Gasteiger charge is -2.13. The van der Waals surface area contributed by atoms with Crippen LogP contribution in [0, 0.1) is 5.82 Å². The van der Waals surface area contributed by atoms with E-state index in [1.165, 1.54) is 12.1 Å². The number of hydrogen-bond acceptors (Lipinski definition) is 2. The van der Waals surface area contributed by atoms with E-state index in [0.717, 1.165) is 15.9 Å². The monoisotopic (exact) mass is 283 g/mol. The Morgan fingerprint density at radius 3 is 2.50 bits per heavy atom. The van der Waals surface area contributed by atoms with E-state index >= 15 is 0 Å². The van der Waals surface area contributed by atoms with Crippen molar-refractivity contribution in [1.82, 2.24) is 0 Å². The van der Waals surface area contributed by atoms with Crippen molar-refractivity contribution in [2.24, 2.45) is 0 Å². The molecule has 0 aliphatic heterocycles. The second-order valence-corrected chi connectivity index (χ2v) is 4.36. The van der Waals surface area contributed by atoms with E-state index in [4.69, 9.17) is 4.42 Å². The minimum Gasteiger partial charge on any atom is -0.466 e. The van der Waals surface area contributed by atoms with Crippen LogP contribution in [-0.2, 0) is 0 Å². The lowest BCUT2D eigenvalue weighted by atomic mass is 10.2. The van der Waals surface area contributed by atoms with Gasteiger partial charge in [-0.05, 0) is 53.2 Å². The highest BCUT2D eigenvalue weighted by molar-refractivity contribution is 9.10. The summed E-state index contributed by atoms with van der Waals surface area (Å²) in [5.74, 6) is 0.585. The molecule has 0 bridgehead atoms. The van der Waals surface area contributed by atoms with E-state index in [1.807, 2.05) is 13.0 Å². The van der Waals surface area contributed by atoms with Crippen LogP contribution in [0.25, 0.3) is 0 Å². The van der Waals surface area contributed by atoms with Crippen molar-refractivity contribution in [1.29, 1.82) is 0 Å². The molecular formula is C12H11BrFNO. The maximum Gasteiger partial charge on any atom is 0.139 e. The van der Waals surface area contributed by atoms with Crippen LogP contribution < -0.4 is 5.32 Å². The number of rotatable bonds is 3. The average Bonchev–Trinajstić information content (AvgIpc) is 2.68. The van der Waals surface area contributed by atoms with Gasteiger partial charge in [-0.15, -0.1) is 0 Å². The molecule has 84 valence electrons. The molecule has 2 nitrogen and oxygen atoms in total.